The molecule has 2 bridgehead atoms. The van der Waals surface area contributed by atoms with Crippen molar-refractivity contribution in [2.24, 2.45) is 5.92 Å². The molecule has 2 fully saturated rings. The molecule has 2 saturated heterocycles. The Kier molecular flexibility index (Phi) is 6.06. The Balaban J connectivity index is 2.10. The number of hydrogen-bond donors (Lipinski definition) is 0. The van der Waals surface area contributed by atoms with Crippen LogP contribution in [0.25, 0.3) is 0 Å². The van der Waals surface area contributed by atoms with Gasteiger partial charge in [0.1, 0.15) is 5.60 Å². The zero-order valence-corrected chi connectivity index (χ0v) is 17.7. The molecule has 4 atom stereocenters. The zero-order valence-electron chi connectivity index (χ0n) is 16.7. The molecule has 2 aliphatic rings. The SMILES string of the molecule is CC[Si](CC)(CC)OC1CC2CCC(C1C)N2C(=O)OC(C)(C)C. The molecular weight excluding hydrogens is 318 g/mol. The standard InChI is InChI=1S/C19H37NO3Si/c1-8-24(9-2,10-3)23-17-13-15-11-12-16(14(17)4)20(15)18(21)22-19(5,6)7/h14-17H,8-13H2,1-7H3. The van der Waals surface area contributed by atoms with Crippen LogP contribution in [0.15, 0.2) is 0 Å². The Labute approximate surface area is 149 Å². The van der Waals surface area contributed by atoms with Crippen molar-refractivity contribution in [3.63, 3.8) is 0 Å². The summed E-state index contributed by atoms with van der Waals surface area (Å²) in [6.07, 6.45) is 3.33. The van der Waals surface area contributed by atoms with Crippen LogP contribution in [-0.4, -0.2) is 43.1 Å². The fourth-order valence-corrected chi connectivity index (χ4v) is 7.42. The van der Waals surface area contributed by atoms with E-state index in [0.29, 0.717) is 18.1 Å². The largest absolute Gasteiger partial charge is 0.444 e. The second-order valence-electron chi connectivity index (χ2n) is 8.68. The van der Waals surface area contributed by atoms with Gasteiger partial charge < -0.3 is 14.1 Å². The van der Waals surface area contributed by atoms with Crippen LogP contribution in [0.4, 0.5) is 4.79 Å². The molecule has 0 aromatic rings. The van der Waals surface area contributed by atoms with Gasteiger partial charge in [0.25, 0.3) is 0 Å². The van der Waals surface area contributed by atoms with Gasteiger partial charge in [-0.2, -0.15) is 0 Å². The highest BCUT2D eigenvalue weighted by Gasteiger charge is 2.50. The van der Waals surface area contributed by atoms with E-state index in [1.165, 1.54) is 18.1 Å². The Morgan fingerprint density at radius 2 is 1.71 bits per heavy atom. The summed E-state index contributed by atoms with van der Waals surface area (Å²) in [6, 6.07) is 4.14. The van der Waals surface area contributed by atoms with Gasteiger partial charge in [0, 0.05) is 18.0 Å². The molecular formula is C19H37NO3Si. The molecule has 24 heavy (non-hydrogen) atoms. The minimum atomic E-state index is -1.60. The van der Waals surface area contributed by atoms with Gasteiger partial charge >= 0.3 is 6.09 Å². The third kappa shape index (κ3) is 3.98. The van der Waals surface area contributed by atoms with Crippen molar-refractivity contribution in [2.75, 3.05) is 0 Å². The topological polar surface area (TPSA) is 38.8 Å². The molecule has 0 N–H and O–H groups in total. The lowest BCUT2D eigenvalue weighted by Gasteiger charge is -2.46. The van der Waals surface area contributed by atoms with Gasteiger partial charge in [0.15, 0.2) is 8.32 Å². The molecule has 0 aromatic carbocycles. The highest BCUT2D eigenvalue weighted by molar-refractivity contribution is 6.73. The first-order chi connectivity index (χ1) is 11.2. The van der Waals surface area contributed by atoms with E-state index in [1.807, 2.05) is 25.7 Å². The minimum Gasteiger partial charge on any atom is -0.444 e. The van der Waals surface area contributed by atoms with Crippen molar-refractivity contribution >= 4 is 14.4 Å². The van der Waals surface area contributed by atoms with Gasteiger partial charge in [-0.05, 0) is 58.2 Å². The molecule has 2 heterocycles. The summed E-state index contributed by atoms with van der Waals surface area (Å²) in [7, 11) is -1.60. The first-order valence-corrected chi connectivity index (χ1v) is 12.4. The van der Waals surface area contributed by atoms with Crippen LogP contribution in [0.2, 0.25) is 18.1 Å². The number of carbonyl (C=O) groups excluding carboxylic acids is 1. The van der Waals surface area contributed by atoms with Crippen LogP contribution in [0.3, 0.4) is 0 Å². The minimum absolute atomic E-state index is 0.134. The summed E-state index contributed by atoms with van der Waals surface area (Å²) >= 11 is 0. The molecule has 140 valence electrons. The first-order valence-electron chi connectivity index (χ1n) is 9.85. The van der Waals surface area contributed by atoms with Crippen molar-refractivity contribution in [2.45, 2.75) is 110 Å². The summed E-state index contributed by atoms with van der Waals surface area (Å²) in [4.78, 5) is 14.7. The Morgan fingerprint density at radius 1 is 1.12 bits per heavy atom. The maximum Gasteiger partial charge on any atom is 0.410 e. The number of amides is 1. The summed E-state index contributed by atoms with van der Waals surface area (Å²) in [6.45, 7) is 15.0. The van der Waals surface area contributed by atoms with E-state index < -0.39 is 13.9 Å². The van der Waals surface area contributed by atoms with E-state index in [1.54, 1.807) is 0 Å². The molecule has 1 amide bonds. The zero-order chi connectivity index (χ0) is 18.1. The van der Waals surface area contributed by atoms with E-state index in [2.05, 4.69) is 27.7 Å². The Bertz CT molecular complexity index is 436. The van der Waals surface area contributed by atoms with Crippen LogP contribution < -0.4 is 0 Å². The second-order valence-corrected chi connectivity index (χ2v) is 13.4. The number of fused-ring (bicyclic) bond motifs is 2. The van der Waals surface area contributed by atoms with Crippen molar-refractivity contribution in [3.05, 3.63) is 0 Å². The predicted octanol–water partition coefficient (Wildman–Crippen LogP) is 5.18. The lowest BCUT2D eigenvalue weighted by Crippen LogP contribution is -2.56. The Morgan fingerprint density at radius 3 is 2.21 bits per heavy atom. The summed E-state index contributed by atoms with van der Waals surface area (Å²) in [5.41, 5.74) is -0.429. The lowest BCUT2D eigenvalue weighted by molar-refractivity contribution is -0.0290. The number of nitrogens with zero attached hydrogens (tertiary/aromatic N) is 1. The first kappa shape index (κ1) is 19.8. The third-order valence-corrected chi connectivity index (χ3v) is 10.9. The smallest absolute Gasteiger partial charge is 0.410 e. The number of ether oxygens (including phenoxy) is 1. The number of rotatable bonds is 5. The van der Waals surface area contributed by atoms with E-state index in [0.717, 1.165) is 19.3 Å². The average molecular weight is 356 g/mol. The molecule has 5 heteroatoms. The fourth-order valence-electron chi connectivity index (χ4n) is 4.47. The van der Waals surface area contributed by atoms with Gasteiger partial charge in [-0.15, -0.1) is 0 Å². The van der Waals surface area contributed by atoms with Gasteiger partial charge in [-0.1, -0.05) is 27.7 Å². The average Bonchev–Trinajstić information content (AvgIpc) is 2.86. The molecule has 0 spiro atoms. The molecule has 0 aliphatic carbocycles. The molecule has 0 saturated carbocycles. The number of carbonyl (C=O) groups is 1. The van der Waals surface area contributed by atoms with E-state index in [-0.39, 0.29) is 12.1 Å². The van der Waals surface area contributed by atoms with E-state index >= 15 is 0 Å². The van der Waals surface area contributed by atoms with Crippen molar-refractivity contribution in [1.82, 2.24) is 4.90 Å². The van der Waals surface area contributed by atoms with Crippen molar-refractivity contribution in [1.29, 1.82) is 0 Å². The molecule has 2 rings (SSSR count). The predicted molar refractivity (Wildman–Crippen MR) is 101 cm³/mol. The lowest BCUT2D eigenvalue weighted by atomic mass is 9.89. The van der Waals surface area contributed by atoms with Crippen molar-refractivity contribution < 1.29 is 14.0 Å². The van der Waals surface area contributed by atoms with Crippen LogP contribution in [-0.2, 0) is 9.16 Å². The number of hydrogen-bond acceptors (Lipinski definition) is 3. The van der Waals surface area contributed by atoms with Crippen LogP contribution in [0.1, 0.15) is 67.7 Å². The maximum atomic E-state index is 12.7. The van der Waals surface area contributed by atoms with Crippen LogP contribution in [0, 0.1) is 5.92 Å². The van der Waals surface area contributed by atoms with E-state index in [9.17, 15) is 4.79 Å². The van der Waals surface area contributed by atoms with E-state index in [4.69, 9.17) is 9.16 Å². The van der Waals surface area contributed by atoms with Gasteiger partial charge in [-0.25, -0.2) is 4.79 Å². The molecule has 0 aromatic heterocycles. The van der Waals surface area contributed by atoms with Crippen molar-refractivity contribution in [3.8, 4) is 0 Å². The molecule has 2 aliphatic heterocycles. The summed E-state index contributed by atoms with van der Waals surface area (Å²) in [5.74, 6) is 0.396. The Hall–Kier alpha value is -0.553. The molecule has 4 unspecified atom stereocenters. The third-order valence-electron chi connectivity index (χ3n) is 6.18. The quantitative estimate of drug-likeness (QED) is 0.637. The summed E-state index contributed by atoms with van der Waals surface area (Å²) in [5, 5.41) is 0. The highest BCUT2D eigenvalue weighted by atomic mass is 28.4. The van der Waals surface area contributed by atoms with Crippen LogP contribution in [0.5, 0.6) is 0 Å². The second kappa shape index (κ2) is 7.36. The monoisotopic (exact) mass is 355 g/mol. The summed E-state index contributed by atoms with van der Waals surface area (Å²) < 4.78 is 12.5. The highest BCUT2D eigenvalue weighted by Crippen LogP contribution is 2.43. The van der Waals surface area contributed by atoms with Gasteiger partial charge in [-0.3, -0.25) is 0 Å². The van der Waals surface area contributed by atoms with Gasteiger partial charge in [0.05, 0.1) is 6.10 Å². The maximum absolute atomic E-state index is 12.7. The number of piperidine rings is 1. The van der Waals surface area contributed by atoms with Gasteiger partial charge in [0.2, 0.25) is 0 Å². The fraction of sp³-hybridized carbons (Fsp3) is 0.947. The normalized spacial score (nSPS) is 30.5. The molecule has 0 radical (unpaired) electrons. The van der Waals surface area contributed by atoms with Crippen LogP contribution >= 0.6 is 0 Å². The molecule has 4 nitrogen and oxygen atoms in total.